The van der Waals surface area contributed by atoms with Gasteiger partial charge in [0.15, 0.2) is 0 Å². The summed E-state index contributed by atoms with van der Waals surface area (Å²) >= 11 is 0. The number of nitriles is 2. The smallest absolute Gasteiger partial charge is 0.129 e. The first-order valence-corrected chi connectivity index (χ1v) is 34.6. The minimum Gasteiger partial charge on any atom is -0.378 e. The summed E-state index contributed by atoms with van der Waals surface area (Å²) in [5.41, 5.74) is 15.0. The van der Waals surface area contributed by atoms with Gasteiger partial charge in [-0.15, -0.1) is 12.0 Å². The zero-order chi connectivity index (χ0) is 63.1. The molecule has 0 radical (unpaired) electrons. The van der Waals surface area contributed by atoms with Gasteiger partial charge in [0.05, 0.1) is 129 Å². The van der Waals surface area contributed by atoms with Gasteiger partial charge in [-0.3, -0.25) is 9.80 Å². The van der Waals surface area contributed by atoms with Gasteiger partial charge >= 0.3 is 0 Å². The van der Waals surface area contributed by atoms with Crippen LogP contribution in [0.25, 0.3) is 0 Å². The van der Waals surface area contributed by atoms with Crippen LogP contribution in [0.3, 0.4) is 0 Å². The Morgan fingerprint density at radius 1 is 0.322 bits per heavy atom. The van der Waals surface area contributed by atoms with E-state index in [0.717, 1.165) is 121 Å². The predicted molar refractivity (Wildman–Crippen MR) is 360 cm³/mol. The maximum absolute atomic E-state index is 9.07. The van der Waals surface area contributed by atoms with Gasteiger partial charge in [-0.1, -0.05) is 79.4 Å². The van der Waals surface area contributed by atoms with Crippen molar-refractivity contribution in [1.82, 2.24) is 9.80 Å². The number of anilines is 2. The molecule has 2 heterocycles. The van der Waals surface area contributed by atoms with Gasteiger partial charge < -0.3 is 47.7 Å². The minimum absolute atomic E-state index is 0.542. The third-order valence-corrected chi connectivity index (χ3v) is 15.3. The van der Waals surface area contributed by atoms with Crippen LogP contribution in [0, 0.1) is 70.2 Å². The predicted octanol–water partition coefficient (Wildman–Crippen LogP) is 9.90. The summed E-state index contributed by atoms with van der Waals surface area (Å²) in [5.74, 6) is 18.9. The lowest BCUT2D eigenvalue weighted by Crippen LogP contribution is -2.33. The molecule has 2 fully saturated rings. The molecule has 14 nitrogen and oxygen atoms in total. The zero-order valence-electron chi connectivity index (χ0n) is 52.8. The first kappa shape index (κ1) is 69.4. The molecule has 2 aliphatic rings. The zero-order valence-corrected chi connectivity index (χ0v) is 53.8. The van der Waals surface area contributed by atoms with Crippen molar-refractivity contribution in [3.63, 3.8) is 0 Å². The van der Waals surface area contributed by atoms with Gasteiger partial charge in [0, 0.05) is 110 Å². The van der Waals surface area contributed by atoms with E-state index in [1.807, 2.05) is 109 Å². The normalized spacial score (nSPS) is 16.4. The number of benzene rings is 6. The average Bonchev–Trinajstić information content (AvgIpc) is 3.43. The maximum atomic E-state index is 9.07. The summed E-state index contributed by atoms with van der Waals surface area (Å²) < 4.78 is 47.2. The molecule has 15 heteroatoms. The molecule has 8 rings (SSSR count). The van der Waals surface area contributed by atoms with Crippen LogP contribution < -0.4 is 9.80 Å². The topological polar surface area (TPSA) is 134 Å². The highest BCUT2D eigenvalue weighted by atomic mass is 28.3. The second kappa shape index (κ2) is 40.6. The number of hydrogen-bond donors (Lipinski definition) is 0. The van der Waals surface area contributed by atoms with Gasteiger partial charge in [-0.2, -0.15) is 10.5 Å². The van der Waals surface area contributed by atoms with Crippen LogP contribution in [0.4, 0.5) is 11.4 Å². The van der Waals surface area contributed by atoms with E-state index in [9.17, 15) is 0 Å². The fourth-order valence-corrected chi connectivity index (χ4v) is 9.79. The Morgan fingerprint density at radius 3 is 0.833 bits per heavy atom. The van der Waals surface area contributed by atoms with Crippen molar-refractivity contribution >= 4 is 19.4 Å². The lowest BCUT2D eigenvalue weighted by atomic mass is 10.1. The molecule has 2 aliphatic heterocycles. The molecule has 0 bridgehead atoms. The molecular weight excluding hydrogens is 1140 g/mol. The van der Waals surface area contributed by atoms with E-state index in [-0.39, 0.29) is 0 Å². The standard InChI is InChI=1S/C39H47N3O4Si.C36H39N3O4/c1-47(2,3)31-18-36-8-6-34(7-9-36)4-5-35-14-16-39(17-15-35)42-21-25-45-29-27-43-23-19-41(20-24-44-28-30-46-26-22-42)33-38-12-10-37(32-40)11-13-38;1-2-31-3-5-32(6-4-31)7-8-33-13-15-36(16-14-33)39-19-23-42-27-25-40-21-17-38(18-22-41-26-28-43-24-20-39)30-35-11-9-34(29-37)10-12-35/h6-17H,19-30,33H2,1-3H3;1,3-6,9-16H,17-28,30H2. The lowest BCUT2D eigenvalue weighted by Gasteiger charge is -2.25. The minimum atomic E-state index is -1.39. The molecule has 0 atom stereocenters. The second-order valence-corrected chi connectivity index (χ2v) is 27.2. The number of rotatable bonds is 6. The van der Waals surface area contributed by atoms with Crippen LogP contribution in [-0.2, 0) is 51.0 Å². The van der Waals surface area contributed by atoms with Crippen LogP contribution in [-0.4, -0.2) is 176 Å². The molecule has 6 aromatic rings. The summed E-state index contributed by atoms with van der Waals surface area (Å²) in [4.78, 5) is 9.16. The van der Waals surface area contributed by atoms with Crippen molar-refractivity contribution in [3.8, 4) is 59.6 Å². The molecule has 0 aliphatic carbocycles. The van der Waals surface area contributed by atoms with Gasteiger partial charge in [0.1, 0.15) is 8.07 Å². The molecule has 2 saturated heterocycles. The van der Waals surface area contributed by atoms with Crippen LogP contribution in [0.5, 0.6) is 0 Å². The fraction of sp³-hybridized carbons (Fsp3) is 0.387. The van der Waals surface area contributed by atoms with Crippen molar-refractivity contribution in [2.45, 2.75) is 32.7 Å². The average molecular weight is 1230 g/mol. The van der Waals surface area contributed by atoms with Crippen molar-refractivity contribution in [2.75, 3.05) is 168 Å². The molecule has 0 saturated carbocycles. The molecule has 90 heavy (non-hydrogen) atoms. The van der Waals surface area contributed by atoms with E-state index in [0.29, 0.717) is 117 Å². The third-order valence-electron chi connectivity index (χ3n) is 14.4. The van der Waals surface area contributed by atoms with Gasteiger partial charge in [-0.25, -0.2) is 0 Å². The first-order chi connectivity index (χ1) is 44.1. The van der Waals surface area contributed by atoms with Crippen molar-refractivity contribution < 1.29 is 37.9 Å². The SMILES string of the molecule is C#Cc1ccc(C#Cc2ccc(N3CCOCCOCCN(Cc4ccc(C#N)cc4)CCOCCOCC3)cc2)cc1.C[Si](C)(C)C#Cc1ccc(C#Cc2ccc(N3CCOCCOCCN(Cc4ccc(C#N)cc4)CCOCCOCC3)cc2)cc1. The summed E-state index contributed by atoms with van der Waals surface area (Å²) in [6.45, 7) is 23.6. The van der Waals surface area contributed by atoms with E-state index in [1.165, 1.54) is 0 Å². The van der Waals surface area contributed by atoms with Gasteiger partial charge in [0.25, 0.3) is 0 Å². The van der Waals surface area contributed by atoms with E-state index in [2.05, 4.69) is 129 Å². The highest BCUT2D eigenvalue weighted by Crippen LogP contribution is 2.18. The number of ether oxygens (including phenoxy) is 8. The molecule has 0 N–H and O–H groups in total. The monoisotopic (exact) mass is 1230 g/mol. The van der Waals surface area contributed by atoms with Crippen molar-refractivity contribution in [1.29, 1.82) is 10.5 Å². The fourth-order valence-electron chi connectivity index (χ4n) is 9.27. The highest BCUT2D eigenvalue weighted by Gasteiger charge is 2.13. The summed E-state index contributed by atoms with van der Waals surface area (Å²) in [6, 6.07) is 52.2. The molecule has 6 aromatic carbocycles. The summed E-state index contributed by atoms with van der Waals surface area (Å²) in [7, 11) is -1.39. The highest BCUT2D eigenvalue weighted by molar-refractivity contribution is 6.83. The largest absolute Gasteiger partial charge is 0.378 e. The second-order valence-electron chi connectivity index (χ2n) is 22.4. The Labute approximate surface area is 536 Å². The Hall–Kier alpha value is -8.04. The Balaban J connectivity index is 0.000000257. The molecule has 0 amide bonds. The molecule has 468 valence electrons. The van der Waals surface area contributed by atoms with Crippen LogP contribution >= 0.6 is 0 Å². The van der Waals surface area contributed by atoms with Gasteiger partial charge in [-0.05, 0) is 132 Å². The lowest BCUT2D eigenvalue weighted by molar-refractivity contribution is 0.0211. The van der Waals surface area contributed by atoms with Crippen LogP contribution in [0.15, 0.2) is 146 Å². The maximum Gasteiger partial charge on any atom is 0.129 e. The van der Waals surface area contributed by atoms with Crippen molar-refractivity contribution in [2.24, 2.45) is 0 Å². The van der Waals surface area contributed by atoms with E-state index >= 15 is 0 Å². The molecule has 0 spiro atoms. The first-order valence-electron chi connectivity index (χ1n) is 31.1. The van der Waals surface area contributed by atoms with Crippen LogP contribution in [0.1, 0.15) is 55.6 Å². The molecular formula is C75H86N6O8Si. The van der Waals surface area contributed by atoms with Crippen molar-refractivity contribution in [3.05, 3.63) is 201 Å². The summed E-state index contributed by atoms with van der Waals surface area (Å²) in [5, 5.41) is 18.1. The Kier molecular flexibility index (Phi) is 31.3. The van der Waals surface area contributed by atoms with E-state index < -0.39 is 8.07 Å². The quantitative estimate of drug-likeness (QED) is 0.116. The van der Waals surface area contributed by atoms with E-state index in [4.69, 9.17) is 54.8 Å². The van der Waals surface area contributed by atoms with Gasteiger partial charge in [0.2, 0.25) is 0 Å². The Bertz CT molecular complexity index is 3320. The number of nitrogens with zero attached hydrogens (tertiary/aromatic N) is 6. The number of terminal acetylenes is 1. The third kappa shape index (κ3) is 27.8. The summed E-state index contributed by atoms with van der Waals surface area (Å²) in [6.07, 6.45) is 5.43. The molecule has 0 aromatic heterocycles. The molecule has 0 unspecified atom stereocenters. The van der Waals surface area contributed by atoms with E-state index in [1.54, 1.807) is 0 Å². The van der Waals surface area contributed by atoms with Crippen LogP contribution in [0.2, 0.25) is 19.6 Å². The number of hydrogen-bond acceptors (Lipinski definition) is 14. The Morgan fingerprint density at radius 2 is 0.567 bits per heavy atom.